The second kappa shape index (κ2) is 6.12. The van der Waals surface area contributed by atoms with Crippen LogP contribution in [0.5, 0.6) is 0 Å². The molecule has 1 saturated carbocycles. The number of hydrogen-bond donors (Lipinski definition) is 1. The third-order valence-electron chi connectivity index (χ3n) is 4.62. The summed E-state index contributed by atoms with van der Waals surface area (Å²) >= 11 is 0. The van der Waals surface area contributed by atoms with Crippen molar-refractivity contribution >= 4 is 5.91 Å². The third-order valence-corrected chi connectivity index (χ3v) is 4.62. The Bertz CT molecular complexity index is 671. The molecule has 2 aromatic rings. The first-order valence-corrected chi connectivity index (χ1v) is 8.25. The van der Waals surface area contributed by atoms with Gasteiger partial charge in [0.25, 0.3) is 5.91 Å². The molecule has 0 radical (unpaired) electrons. The van der Waals surface area contributed by atoms with Gasteiger partial charge in [-0.2, -0.15) is 5.10 Å². The van der Waals surface area contributed by atoms with Crippen molar-refractivity contribution in [3.63, 3.8) is 0 Å². The fourth-order valence-corrected chi connectivity index (χ4v) is 3.07. The Labute approximate surface area is 135 Å². The molecule has 1 amide bonds. The molecule has 2 aliphatic rings. The predicted molar refractivity (Wildman–Crippen MR) is 86.0 cm³/mol. The number of rotatable bonds is 4. The van der Waals surface area contributed by atoms with E-state index in [9.17, 15) is 4.79 Å². The van der Waals surface area contributed by atoms with E-state index in [0.717, 1.165) is 38.4 Å². The molecule has 120 valence electrons. The van der Waals surface area contributed by atoms with E-state index >= 15 is 0 Å². The lowest BCUT2D eigenvalue weighted by atomic mass is 10.2. The Morgan fingerprint density at radius 3 is 2.78 bits per heavy atom. The molecule has 0 atom stereocenters. The zero-order valence-corrected chi connectivity index (χ0v) is 13.1. The van der Waals surface area contributed by atoms with Crippen LogP contribution in [0.3, 0.4) is 0 Å². The summed E-state index contributed by atoms with van der Waals surface area (Å²) < 4.78 is 0. The van der Waals surface area contributed by atoms with Crippen LogP contribution in [0.15, 0.2) is 30.6 Å². The lowest BCUT2D eigenvalue weighted by Gasteiger charge is -2.34. The zero-order valence-electron chi connectivity index (χ0n) is 13.1. The van der Waals surface area contributed by atoms with Crippen molar-refractivity contribution in [1.82, 2.24) is 25.0 Å². The molecule has 23 heavy (non-hydrogen) atoms. The van der Waals surface area contributed by atoms with Gasteiger partial charge in [0.2, 0.25) is 0 Å². The second-order valence-electron chi connectivity index (χ2n) is 6.41. The number of H-pyrrole nitrogens is 1. The summed E-state index contributed by atoms with van der Waals surface area (Å²) in [5, 5.41) is 7.22. The first kappa shape index (κ1) is 14.4. The van der Waals surface area contributed by atoms with Gasteiger partial charge in [-0.05, 0) is 30.5 Å². The smallest absolute Gasteiger partial charge is 0.274 e. The minimum absolute atomic E-state index is 0.0502. The average Bonchev–Trinajstić information content (AvgIpc) is 3.33. The Hall–Kier alpha value is -2.21. The van der Waals surface area contributed by atoms with Crippen molar-refractivity contribution in [2.75, 3.05) is 26.2 Å². The van der Waals surface area contributed by atoms with Crippen LogP contribution in [0.1, 0.15) is 40.5 Å². The molecule has 0 bridgehead atoms. The highest BCUT2D eigenvalue weighted by atomic mass is 16.2. The maximum atomic E-state index is 12.5. The fourth-order valence-electron chi connectivity index (χ4n) is 3.07. The van der Waals surface area contributed by atoms with Gasteiger partial charge in [-0.1, -0.05) is 6.07 Å². The van der Waals surface area contributed by atoms with Crippen molar-refractivity contribution in [2.24, 2.45) is 0 Å². The summed E-state index contributed by atoms with van der Waals surface area (Å²) in [6.07, 6.45) is 6.12. The Balaban J connectivity index is 1.32. The number of amides is 1. The quantitative estimate of drug-likeness (QED) is 0.932. The second-order valence-corrected chi connectivity index (χ2v) is 6.41. The highest BCUT2D eigenvalue weighted by Gasteiger charge is 2.28. The maximum absolute atomic E-state index is 12.5. The zero-order chi connectivity index (χ0) is 15.6. The Kier molecular flexibility index (Phi) is 3.83. The van der Waals surface area contributed by atoms with Gasteiger partial charge in [0.05, 0.1) is 0 Å². The van der Waals surface area contributed by atoms with Gasteiger partial charge in [0.1, 0.15) is 5.69 Å². The van der Waals surface area contributed by atoms with Crippen LogP contribution in [0.4, 0.5) is 0 Å². The molecule has 1 aliphatic carbocycles. The van der Waals surface area contributed by atoms with Crippen LogP contribution < -0.4 is 0 Å². The molecular formula is C17H21N5O. The first-order chi connectivity index (χ1) is 11.3. The summed E-state index contributed by atoms with van der Waals surface area (Å²) in [6.45, 7) is 4.18. The molecule has 2 fully saturated rings. The van der Waals surface area contributed by atoms with Gasteiger partial charge in [-0.15, -0.1) is 0 Å². The van der Waals surface area contributed by atoms with Crippen LogP contribution in [0, 0.1) is 0 Å². The average molecular weight is 311 g/mol. The molecule has 1 saturated heterocycles. The number of nitrogens with zero attached hydrogens (tertiary/aromatic N) is 4. The molecule has 6 heteroatoms. The van der Waals surface area contributed by atoms with Crippen LogP contribution in [0.25, 0.3) is 0 Å². The molecule has 0 aromatic carbocycles. The van der Waals surface area contributed by atoms with Crippen LogP contribution >= 0.6 is 0 Å². The van der Waals surface area contributed by atoms with E-state index in [4.69, 9.17) is 0 Å². The Morgan fingerprint density at radius 1 is 1.26 bits per heavy atom. The minimum Gasteiger partial charge on any atom is -0.335 e. The highest BCUT2D eigenvalue weighted by Crippen LogP contribution is 2.39. The minimum atomic E-state index is 0.0502. The monoisotopic (exact) mass is 311 g/mol. The van der Waals surface area contributed by atoms with Gasteiger partial charge < -0.3 is 4.90 Å². The van der Waals surface area contributed by atoms with Crippen LogP contribution in [0.2, 0.25) is 0 Å². The van der Waals surface area contributed by atoms with E-state index < -0.39 is 0 Å². The molecular weight excluding hydrogens is 290 g/mol. The number of aromatic nitrogens is 3. The van der Waals surface area contributed by atoms with Crippen molar-refractivity contribution in [3.05, 3.63) is 47.5 Å². The standard InChI is InChI=1S/C17H21N5O/c23-17(16-10-15(19-20-16)14-3-4-14)22-8-6-21(7-9-22)12-13-2-1-5-18-11-13/h1-2,5,10-11,14H,3-4,6-9,12H2,(H,19,20). The maximum Gasteiger partial charge on any atom is 0.274 e. The molecule has 4 rings (SSSR count). The Morgan fingerprint density at radius 2 is 2.09 bits per heavy atom. The molecule has 0 spiro atoms. The topological polar surface area (TPSA) is 65.1 Å². The lowest BCUT2D eigenvalue weighted by molar-refractivity contribution is 0.0622. The molecule has 1 N–H and O–H groups in total. The molecule has 2 aromatic heterocycles. The van der Waals surface area contributed by atoms with E-state index in [1.54, 1.807) is 6.20 Å². The summed E-state index contributed by atoms with van der Waals surface area (Å²) in [5.74, 6) is 0.648. The number of nitrogens with one attached hydrogen (secondary N) is 1. The summed E-state index contributed by atoms with van der Waals surface area (Å²) in [5.41, 5.74) is 2.89. The van der Waals surface area contributed by atoms with Crippen molar-refractivity contribution in [3.8, 4) is 0 Å². The normalized spacial score (nSPS) is 19.0. The summed E-state index contributed by atoms with van der Waals surface area (Å²) in [7, 11) is 0. The summed E-state index contributed by atoms with van der Waals surface area (Å²) in [6, 6.07) is 5.99. The number of piperazine rings is 1. The largest absolute Gasteiger partial charge is 0.335 e. The van der Waals surface area contributed by atoms with Crippen molar-refractivity contribution in [1.29, 1.82) is 0 Å². The number of aromatic amines is 1. The fraction of sp³-hybridized carbons (Fsp3) is 0.471. The molecule has 0 unspecified atom stereocenters. The molecule has 1 aliphatic heterocycles. The van der Waals surface area contributed by atoms with E-state index in [0.29, 0.717) is 11.6 Å². The molecule has 3 heterocycles. The number of hydrogen-bond acceptors (Lipinski definition) is 4. The number of carbonyl (C=O) groups excluding carboxylic acids is 1. The lowest BCUT2D eigenvalue weighted by Crippen LogP contribution is -2.48. The van der Waals surface area contributed by atoms with Gasteiger partial charge in [-0.25, -0.2) is 0 Å². The molecule has 6 nitrogen and oxygen atoms in total. The van der Waals surface area contributed by atoms with Gasteiger partial charge in [-0.3, -0.25) is 19.8 Å². The van der Waals surface area contributed by atoms with Crippen molar-refractivity contribution in [2.45, 2.75) is 25.3 Å². The highest BCUT2D eigenvalue weighted by molar-refractivity contribution is 5.92. The van der Waals surface area contributed by atoms with E-state index in [1.807, 2.05) is 23.2 Å². The van der Waals surface area contributed by atoms with Crippen LogP contribution in [-0.2, 0) is 6.54 Å². The van der Waals surface area contributed by atoms with E-state index in [1.165, 1.54) is 18.4 Å². The van der Waals surface area contributed by atoms with Gasteiger partial charge in [0.15, 0.2) is 0 Å². The third kappa shape index (κ3) is 3.27. The number of carbonyl (C=O) groups is 1. The summed E-state index contributed by atoms with van der Waals surface area (Å²) in [4.78, 5) is 21.0. The number of pyridine rings is 1. The van der Waals surface area contributed by atoms with Crippen molar-refractivity contribution < 1.29 is 4.79 Å². The van der Waals surface area contributed by atoms with Gasteiger partial charge >= 0.3 is 0 Å². The van der Waals surface area contributed by atoms with E-state index in [-0.39, 0.29) is 5.91 Å². The predicted octanol–water partition coefficient (Wildman–Crippen LogP) is 1.64. The first-order valence-electron chi connectivity index (χ1n) is 8.25. The SMILES string of the molecule is O=C(c1cc(C2CC2)[nH]n1)N1CCN(Cc2cccnc2)CC1. The van der Waals surface area contributed by atoms with Crippen LogP contribution in [-0.4, -0.2) is 57.1 Å². The van der Waals surface area contributed by atoms with E-state index in [2.05, 4.69) is 26.1 Å². The van der Waals surface area contributed by atoms with Gasteiger partial charge in [0, 0.05) is 56.7 Å².